The van der Waals surface area contributed by atoms with Crippen molar-refractivity contribution in [2.24, 2.45) is 10.8 Å². The third kappa shape index (κ3) is 5.15. The molecule has 0 atom stereocenters. The van der Waals surface area contributed by atoms with Crippen molar-refractivity contribution in [1.29, 1.82) is 0 Å². The Morgan fingerprint density at radius 2 is 1.50 bits per heavy atom. The van der Waals surface area contributed by atoms with Crippen LogP contribution in [0.1, 0.15) is 40.0 Å². The van der Waals surface area contributed by atoms with E-state index in [0.29, 0.717) is 44.6 Å². The number of sulfonamides is 1. The minimum atomic E-state index is -3.61. The fraction of sp³-hybridized carbons (Fsp3) is 0.650. The molecule has 2 fully saturated rings. The Balaban J connectivity index is 1.67. The average molecular weight is 459 g/mol. The molecular weight excluding hydrogens is 428 g/mol. The highest BCUT2D eigenvalue weighted by atomic mass is 32.2. The topological polar surface area (TPSA) is 101 Å². The standard InChI is InChI=1S/C20H30N2O6S2/c1-19(2,3)15-30(26,27)21-12-9-20(10-13-21)11-14-22(18(20)23)16-5-7-17(8-6-16)28-29(4,24)25/h5-8H,9-15H2,1-4H3. The van der Waals surface area contributed by atoms with Crippen molar-refractivity contribution in [2.75, 3.05) is 36.5 Å². The Bertz CT molecular complexity index is 1000. The highest BCUT2D eigenvalue weighted by Gasteiger charge is 2.49. The molecule has 0 bridgehead atoms. The molecule has 30 heavy (non-hydrogen) atoms. The van der Waals surface area contributed by atoms with Crippen LogP contribution in [-0.2, 0) is 24.9 Å². The van der Waals surface area contributed by atoms with Crippen LogP contribution < -0.4 is 9.08 Å². The van der Waals surface area contributed by atoms with Crippen molar-refractivity contribution >= 4 is 31.7 Å². The van der Waals surface area contributed by atoms with Gasteiger partial charge in [-0.1, -0.05) is 20.8 Å². The minimum Gasteiger partial charge on any atom is -0.383 e. The average Bonchev–Trinajstić information content (AvgIpc) is 2.89. The first-order valence-electron chi connectivity index (χ1n) is 10.0. The lowest BCUT2D eigenvalue weighted by atomic mass is 9.77. The van der Waals surface area contributed by atoms with E-state index in [4.69, 9.17) is 4.18 Å². The number of benzene rings is 1. The SMILES string of the molecule is CC(C)(C)CS(=O)(=O)N1CCC2(CCN(c3ccc(OS(C)(=O)=O)cc3)C2=O)CC1. The largest absolute Gasteiger partial charge is 0.383 e. The molecule has 2 saturated heterocycles. The van der Waals surface area contributed by atoms with Crippen LogP contribution in [0.3, 0.4) is 0 Å². The summed E-state index contributed by atoms with van der Waals surface area (Å²) in [7, 11) is -6.95. The van der Waals surface area contributed by atoms with Crippen LogP contribution in [0.5, 0.6) is 5.75 Å². The summed E-state index contributed by atoms with van der Waals surface area (Å²) in [4.78, 5) is 14.9. The number of hydrogen-bond donors (Lipinski definition) is 0. The van der Waals surface area contributed by atoms with Crippen molar-refractivity contribution in [3.63, 3.8) is 0 Å². The zero-order valence-electron chi connectivity index (χ0n) is 17.9. The molecule has 10 heteroatoms. The number of carbonyl (C=O) groups excluding carboxylic acids is 1. The van der Waals surface area contributed by atoms with Crippen LogP contribution in [0.4, 0.5) is 5.69 Å². The van der Waals surface area contributed by atoms with E-state index < -0.39 is 25.6 Å². The molecule has 0 unspecified atom stereocenters. The van der Waals surface area contributed by atoms with Crippen LogP contribution in [0.15, 0.2) is 24.3 Å². The van der Waals surface area contributed by atoms with Gasteiger partial charge < -0.3 is 9.08 Å². The maximum atomic E-state index is 13.2. The second-order valence-electron chi connectivity index (χ2n) is 9.48. The second-order valence-corrected chi connectivity index (χ2v) is 13.0. The minimum absolute atomic E-state index is 0.00662. The Morgan fingerprint density at radius 3 is 2.00 bits per heavy atom. The van der Waals surface area contributed by atoms with Gasteiger partial charge in [-0.2, -0.15) is 8.42 Å². The molecule has 2 aliphatic heterocycles. The molecule has 0 aromatic heterocycles. The number of hydrogen-bond acceptors (Lipinski definition) is 6. The lowest BCUT2D eigenvalue weighted by Crippen LogP contribution is -2.48. The zero-order valence-corrected chi connectivity index (χ0v) is 19.6. The van der Waals surface area contributed by atoms with E-state index >= 15 is 0 Å². The zero-order chi connectivity index (χ0) is 22.4. The molecule has 2 aliphatic rings. The van der Waals surface area contributed by atoms with Crippen molar-refractivity contribution in [3.05, 3.63) is 24.3 Å². The molecule has 1 aromatic carbocycles. The van der Waals surface area contributed by atoms with Gasteiger partial charge in [0.15, 0.2) is 0 Å². The lowest BCUT2D eigenvalue weighted by Gasteiger charge is -2.38. The normalized spacial score (nSPS) is 20.7. The first kappa shape index (κ1) is 23.0. The number of rotatable bonds is 5. The summed E-state index contributed by atoms with van der Waals surface area (Å²) in [6.45, 7) is 6.99. The Kier molecular flexibility index (Phi) is 5.98. The lowest BCUT2D eigenvalue weighted by molar-refractivity contribution is -0.127. The highest BCUT2D eigenvalue weighted by molar-refractivity contribution is 7.89. The summed E-state index contributed by atoms with van der Waals surface area (Å²) in [5.41, 5.74) is -0.170. The summed E-state index contributed by atoms with van der Waals surface area (Å²) < 4.78 is 54.2. The Labute approximate surface area is 179 Å². The smallest absolute Gasteiger partial charge is 0.306 e. The van der Waals surface area contributed by atoms with Gasteiger partial charge in [0.1, 0.15) is 5.75 Å². The predicted octanol–water partition coefficient (Wildman–Crippen LogP) is 2.22. The maximum Gasteiger partial charge on any atom is 0.306 e. The number of amides is 1. The second kappa shape index (κ2) is 7.80. The van der Waals surface area contributed by atoms with Gasteiger partial charge in [0.2, 0.25) is 15.9 Å². The number of carbonyl (C=O) groups is 1. The van der Waals surface area contributed by atoms with Crippen molar-refractivity contribution in [3.8, 4) is 5.75 Å². The summed E-state index contributed by atoms with van der Waals surface area (Å²) >= 11 is 0. The van der Waals surface area contributed by atoms with Gasteiger partial charge >= 0.3 is 10.1 Å². The Hall–Kier alpha value is -1.65. The highest BCUT2D eigenvalue weighted by Crippen LogP contribution is 2.44. The van der Waals surface area contributed by atoms with Gasteiger partial charge in [-0.15, -0.1) is 0 Å². The van der Waals surface area contributed by atoms with Gasteiger partial charge in [0.05, 0.1) is 17.4 Å². The quantitative estimate of drug-likeness (QED) is 0.627. The van der Waals surface area contributed by atoms with E-state index in [9.17, 15) is 21.6 Å². The van der Waals surface area contributed by atoms with E-state index in [0.717, 1.165) is 6.26 Å². The molecule has 0 saturated carbocycles. The first-order chi connectivity index (χ1) is 13.7. The fourth-order valence-electron chi connectivity index (χ4n) is 4.22. The summed E-state index contributed by atoms with van der Waals surface area (Å²) in [5, 5.41) is 0. The molecule has 0 aliphatic carbocycles. The van der Waals surface area contributed by atoms with Crippen LogP contribution in [0.2, 0.25) is 0 Å². The monoisotopic (exact) mass is 458 g/mol. The van der Waals surface area contributed by atoms with E-state index in [2.05, 4.69) is 0 Å². The molecule has 1 amide bonds. The number of piperidine rings is 1. The van der Waals surface area contributed by atoms with Gasteiger partial charge in [-0.3, -0.25) is 4.79 Å². The summed E-state index contributed by atoms with van der Waals surface area (Å²) in [6, 6.07) is 6.38. The molecular formula is C20H30N2O6S2. The third-order valence-electron chi connectivity index (χ3n) is 5.60. The van der Waals surface area contributed by atoms with Gasteiger partial charge in [0.25, 0.3) is 0 Å². The molecule has 0 N–H and O–H groups in total. The summed E-state index contributed by atoms with van der Waals surface area (Å²) in [6.07, 6.45) is 2.69. The number of anilines is 1. The summed E-state index contributed by atoms with van der Waals surface area (Å²) in [5.74, 6) is 0.293. The van der Waals surface area contributed by atoms with E-state index in [1.54, 1.807) is 17.0 Å². The molecule has 1 aromatic rings. The van der Waals surface area contributed by atoms with E-state index in [-0.39, 0.29) is 22.8 Å². The first-order valence-corrected chi connectivity index (χ1v) is 13.4. The van der Waals surface area contributed by atoms with Crippen LogP contribution in [0, 0.1) is 10.8 Å². The predicted molar refractivity (Wildman–Crippen MR) is 115 cm³/mol. The van der Waals surface area contributed by atoms with Gasteiger partial charge in [-0.25, -0.2) is 12.7 Å². The van der Waals surface area contributed by atoms with Crippen LogP contribution in [0.25, 0.3) is 0 Å². The molecule has 0 radical (unpaired) electrons. The van der Waals surface area contributed by atoms with Crippen molar-refractivity contribution in [1.82, 2.24) is 4.31 Å². The fourth-order valence-corrected chi connectivity index (χ4v) is 6.69. The van der Waals surface area contributed by atoms with Gasteiger partial charge in [-0.05, 0) is 48.9 Å². The van der Waals surface area contributed by atoms with Crippen molar-refractivity contribution in [2.45, 2.75) is 40.0 Å². The maximum absolute atomic E-state index is 13.2. The number of nitrogens with zero attached hydrogens (tertiary/aromatic N) is 2. The van der Waals surface area contributed by atoms with E-state index in [1.807, 2.05) is 20.8 Å². The molecule has 168 valence electrons. The Morgan fingerprint density at radius 1 is 0.967 bits per heavy atom. The van der Waals surface area contributed by atoms with Gasteiger partial charge in [0, 0.05) is 25.3 Å². The van der Waals surface area contributed by atoms with E-state index in [1.165, 1.54) is 16.4 Å². The third-order valence-corrected chi connectivity index (χ3v) is 8.48. The molecule has 3 rings (SSSR count). The molecule has 2 heterocycles. The van der Waals surface area contributed by atoms with Crippen LogP contribution >= 0.6 is 0 Å². The van der Waals surface area contributed by atoms with Crippen molar-refractivity contribution < 1.29 is 25.8 Å². The molecule has 8 nitrogen and oxygen atoms in total. The van der Waals surface area contributed by atoms with Crippen LogP contribution in [-0.4, -0.2) is 58.7 Å². The molecule has 1 spiro atoms.